The summed E-state index contributed by atoms with van der Waals surface area (Å²) in [6.45, 7) is 8.23. The topological polar surface area (TPSA) is 53.4 Å². The van der Waals surface area contributed by atoms with Crippen molar-refractivity contribution in [2.45, 2.75) is 64.9 Å². The van der Waals surface area contributed by atoms with Crippen molar-refractivity contribution < 1.29 is 14.3 Å². The summed E-state index contributed by atoms with van der Waals surface area (Å²) in [5.74, 6) is 0.0407. The standard InChI is InChI=1S/C26H33FN2O2S/c1-15(25(31)29-12-4-5-13-29)19-10-11-26(3)14-20-22(16(2)21(26)23(19)30)28-24(32-20)17-6-8-18(27)9-7-17/h6-9,15-16,19,21,23,30H,4-5,10-14H2,1-3H3/t15-,16-,19+,21+,23-,26-/m0/s1. The van der Waals surface area contributed by atoms with Gasteiger partial charge in [0, 0.05) is 35.4 Å². The fourth-order valence-electron chi connectivity index (χ4n) is 6.67. The predicted octanol–water partition coefficient (Wildman–Crippen LogP) is 5.26. The van der Waals surface area contributed by atoms with Crippen molar-refractivity contribution in [2.24, 2.45) is 23.2 Å². The zero-order chi connectivity index (χ0) is 22.6. The number of benzene rings is 1. The average Bonchev–Trinajstić information content (AvgIpc) is 3.43. The second-order valence-electron chi connectivity index (χ2n) is 10.5. The monoisotopic (exact) mass is 456 g/mol. The summed E-state index contributed by atoms with van der Waals surface area (Å²) in [6, 6.07) is 6.53. The molecule has 1 aliphatic heterocycles. The smallest absolute Gasteiger partial charge is 0.225 e. The van der Waals surface area contributed by atoms with Gasteiger partial charge in [0.25, 0.3) is 0 Å². The van der Waals surface area contributed by atoms with Gasteiger partial charge < -0.3 is 10.0 Å². The number of thiazole rings is 1. The van der Waals surface area contributed by atoms with E-state index in [2.05, 4.69) is 13.8 Å². The molecule has 2 heterocycles. The summed E-state index contributed by atoms with van der Waals surface area (Å²) in [5.41, 5.74) is 2.02. The summed E-state index contributed by atoms with van der Waals surface area (Å²) < 4.78 is 13.4. The lowest BCUT2D eigenvalue weighted by molar-refractivity contribution is -0.143. The second kappa shape index (κ2) is 8.21. The first kappa shape index (κ1) is 22.0. The third kappa shape index (κ3) is 3.60. The number of hydrogen-bond donors (Lipinski definition) is 1. The van der Waals surface area contributed by atoms with Crippen LogP contribution in [-0.2, 0) is 11.2 Å². The first-order valence-corrected chi connectivity index (χ1v) is 12.8. The lowest BCUT2D eigenvalue weighted by atomic mass is 9.53. The minimum absolute atomic E-state index is 0.000352. The van der Waals surface area contributed by atoms with Crippen LogP contribution in [0.1, 0.15) is 62.9 Å². The molecule has 0 spiro atoms. The van der Waals surface area contributed by atoms with Crippen LogP contribution in [0.3, 0.4) is 0 Å². The van der Waals surface area contributed by atoms with Crippen molar-refractivity contribution in [1.29, 1.82) is 0 Å². The molecule has 0 unspecified atom stereocenters. The van der Waals surface area contributed by atoms with E-state index in [0.717, 1.165) is 61.5 Å². The van der Waals surface area contributed by atoms with E-state index in [0.29, 0.717) is 0 Å². The van der Waals surface area contributed by atoms with Crippen molar-refractivity contribution in [3.8, 4) is 10.6 Å². The third-order valence-electron chi connectivity index (χ3n) is 8.46. The number of hydrogen-bond acceptors (Lipinski definition) is 4. The molecule has 6 heteroatoms. The van der Waals surface area contributed by atoms with Crippen LogP contribution in [-0.4, -0.2) is 40.1 Å². The number of aliphatic hydroxyl groups is 1. The number of fused-ring (bicyclic) bond motifs is 2. The number of rotatable bonds is 3. The highest BCUT2D eigenvalue weighted by Crippen LogP contribution is 2.57. The molecule has 1 aromatic carbocycles. The van der Waals surface area contributed by atoms with Gasteiger partial charge in [-0.05, 0) is 73.6 Å². The van der Waals surface area contributed by atoms with E-state index in [9.17, 15) is 14.3 Å². The number of halogens is 1. The Kier molecular flexibility index (Phi) is 5.65. The highest BCUT2D eigenvalue weighted by molar-refractivity contribution is 7.15. The van der Waals surface area contributed by atoms with Gasteiger partial charge in [0.15, 0.2) is 0 Å². The quantitative estimate of drug-likeness (QED) is 0.685. The number of nitrogens with zero attached hydrogens (tertiary/aromatic N) is 2. The average molecular weight is 457 g/mol. The number of amides is 1. The van der Waals surface area contributed by atoms with Gasteiger partial charge in [0.1, 0.15) is 10.8 Å². The molecular formula is C26H33FN2O2S. The Labute approximate surface area is 193 Å². The van der Waals surface area contributed by atoms with Crippen molar-refractivity contribution in [2.75, 3.05) is 13.1 Å². The molecule has 2 aliphatic carbocycles. The zero-order valence-corrected chi connectivity index (χ0v) is 20.0. The summed E-state index contributed by atoms with van der Waals surface area (Å²) in [5, 5.41) is 12.5. The van der Waals surface area contributed by atoms with Gasteiger partial charge in [-0.25, -0.2) is 9.37 Å². The van der Waals surface area contributed by atoms with Crippen LogP contribution in [0.4, 0.5) is 4.39 Å². The fraction of sp³-hybridized carbons (Fsp3) is 0.615. The fourth-order valence-corrected chi connectivity index (χ4v) is 8.04. The first-order chi connectivity index (χ1) is 15.3. The Morgan fingerprint density at radius 1 is 1.28 bits per heavy atom. The molecule has 0 bridgehead atoms. The van der Waals surface area contributed by atoms with Crippen LogP contribution in [0, 0.1) is 29.0 Å². The number of aliphatic hydroxyl groups excluding tert-OH is 1. The van der Waals surface area contributed by atoms with Crippen LogP contribution in [0.5, 0.6) is 0 Å². The minimum atomic E-state index is -0.505. The maximum absolute atomic E-state index is 13.4. The Balaban J connectivity index is 1.41. The molecule has 6 atom stereocenters. The molecule has 2 aromatic rings. The van der Waals surface area contributed by atoms with E-state index >= 15 is 0 Å². The SMILES string of the molecule is C[C@H](C(=O)N1CCCC1)[C@H]1CC[C@@]2(C)Cc3sc(-c4ccc(F)cc4)nc3[C@@H](C)[C@@H]2[C@H]1O. The van der Waals surface area contributed by atoms with Crippen molar-refractivity contribution in [3.05, 3.63) is 40.7 Å². The maximum Gasteiger partial charge on any atom is 0.225 e. The molecular weight excluding hydrogens is 423 g/mol. The number of likely N-dealkylation sites (tertiary alicyclic amines) is 1. The van der Waals surface area contributed by atoms with Crippen molar-refractivity contribution >= 4 is 17.2 Å². The molecule has 1 saturated carbocycles. The minimum Gasteiger partial charge on any atom is -0.392 e. The molecule has 0 radical (unpaired) electrons. The normalized spacial score (nSPS) is 33.0. The van der Waals surface area contributed by atoms with E-state index < -0.39 is 6.10 Å². The highest BCUT2D eigenvalue weighted by atomic mass is 32.1. The van der Waals surface area contributed by atoms with Crippen molar-refractivity contribution in [3.63, 3.8) is 0 Å². The van der Waals surface area contributed by atoms with E-state index in [1.165, 1.54) is 17.0 Å². The summed E-state index contributed by atoms with van der Waals surface area (Å²) >= 11 is 1.71. The van der Waals surface area contributed by atoms with Gasteiger partial charge in [-0.15, -0.1) is 11.3 Å². The lowest BCUT2D eigenvalue weighted by Gasteiger charge is -2.53. The van der Waals surface area contributed by atoms with Gasteiger partial charge in [-0.3, -0.25) is 4.79 Å². The van der Waals surface area contributed by atoms with Gasteiger partial charge in [-0.2, -0.15) is 0 Å². The van der Waals surface area contributed by atoms with E-state index in [4.69, 9.17) is 4.98 Å². The van der Waals surface area contributed by atoms with Gasteiger partial charge >= 0.3 is 0 Å². The Morgan fingerprint density at radius 2 is 1.97 bits per heavy atom. The number of carbonyl (C=O) groups excluding carboxylic acids is 1. The van der Waals surface area contributed by atoms with E-state index in [1.807, 2.05) is 11.8 Å². The van der Waals surface area contributed by atoms with Crippen LogP contribution in [0.25, 0.3) is 10.6 Å². The van der Waals surface area contributed by atoms with Crippen LogP contribution in [0.2, 0.25) is 0 Å². The predicted molar refractivity (Wildman–Crippen MR) is 125 cm³/mol. The van der Waals surface area contributed by atoms with E-state index in [-0.39, 0.29) is 40.8 Å². The van der Waals surface area contributed by atoms with E-state index in [1.54, 1.807) is 23.5 Å². The van der Waals surface area contributed by atoms with Crippen LogP contribution >= 0.6 is 11.3 Å². The summed E-state index contributed by atoms with van der Waals surface area (Å²) in [7, 11) is 0. The van der Waals surface area contributed by atoms with Crippen molar-refractivity contribution in [1.82, 2.24) is 9.88 Å². The Hall–Kier alpha value is -1.79. The molecule has 5 rings (SSSR count). The second-order valence-corrected chi connectivity index (χ2v) is 11.6. The molecule has 1 saturated heterocycles. The molecule has 1 aromatic heterocycles. The lowest BCUT2D eigenvalue weighted by Crippen LogP contribution is -2.53. The van der Waals surface area contributed by atoms with Gasteiger partial charge in [-0.1, -0.05) is 20.8 Å². The molecule has 32 heavy (non-hydrogen) atoms. The highest BCUT2D eigenvalue weighted by Gasteiger charge is 2.54. The Morgan fingerprint density at radius 3 is 2.66 bits per heavy atom. The maximum atomic E-state index is 13.4. The zero-order valence-electron chi connectivity index (χ0n) is 19.2. The molecule has 4 nitrogen and oxygen atoms in total. The Bertz CT molecular complexity index is 1000. The first-order valence-electron chi connectivity index (χ1n) is 12.0. The van der Waals surface area contributed by atoms with Gasteiger partial charge in [0.05, 0.1) is 11.8 Å². The van der Waals surface area contributed by atoms with Gasteiger partial charge in [0.2, 0.25) is 5.91 Å². The summed E-state index contributed by atoms with van der Waals surface area (Å²) in [4.78, 5) is 21.3. The molecule has 3 aliphatic rings. The molecule has 2 fully saturated rings. The largest absolute Gasteiger partial charge is 0.392 e. The summed E-state index contributed by atoms with van der Waals surface area (Å²) in [6.07, 6.45) is 4.49. The molecule has 1 amide bonds. The number of aromatic nitrogens is 1. The van der Waals surface area contributed by atoms with Crippen LogP contribution in [0.15, 0.2) is 24.3 Å². The van der Waals surface area contributed by atoms with Crippen LogP contribution < -0.4 is 0 Å². The number of carbonyl (C=O) groups is 1. The third-order valence-corrected chi connectivity index (χ3v) is 9.58. The molecule has 1 N–H and O–H groups in total. The molecule has 172 valence electrons.